The number of nitrogens with zero attached hydrogens (tertiary/aromatic N) is 4. The van der Waals surface area contributed by atoms with Gasteiger partial charge in [-0.05, 0) is 12.8 Å². The molecule has 2 heterocycles. The largest absolute Gasteiger partial charge is 0.340 e. The van der Waals surface area contributed by atoms with Crippen molar-refractivity contribution >= 4 is 5.91 Å². The second kappa shape index (κ2) is 6.32. The zero-order valence-electron chi connectivity index (χ0n) is 13.7. The number of hydrogen-bond donors (Lipinski definition) is 1. The molecule has 0 aromatic carbocycles. The van der Waals surface area contributed by atoms with Crippen LogP contribution in [0.2, 0.25) is 0 Å². The lowest BCUT2D eigenvalue weighted by molar-refractivity contribution is -0.132. The van der Waals surface area contributed by atoms with E-state index in [0.717, 1.165) is 31.4 Å². The summed E-state index contributed by atoms with van der Waals surface area (Å²) in [7, 11) is 1.95. The molecule has 1 saturated heterocycles. The molecule has 0 radical (unpaired) electrons. The van der Waals surface area contributed by atoms with Crippen LogP contribution in [0.4, 0.5) is 0 Å². The molecule has 1 aliphatic carbocycles. The predicted octanol–water partition coefficient (Wildman–Crippen LogP) is 1.54. The van der Waals surface area contributed by atoms with Crippen molar-refractivity contribution in [1.82, 2.24) is 14.5 Å². The first kappa shape index (κ1) is 16.0. The summed E-state index contributed by atoms with van der Waals surface area (Å²) in [5.74, 6) is 0.199. The molecule has 3 rings (SSSR count). The number of hydrogen-bond acceptors (Lipinski definition) is 4. The van der Waals surface area contributed by atoms with Gasteiger partial charge >= 0.3 is 0 Å². The Hall–Kier alpha value is -1.87. The maximum absolute atomic E-state index is 12.7. The standard InChI is InChI=1S/C17H25N5O/c1-21-12-20-8-15(21)13-9-22(10-14(13)19)16(23)7-17(11-18)5-3-2-4-6-17/h8,12-14H,2-7,9-10,19H2,1H3/t13-,14-/m1/s1. The van der Waals surface area contributed by atoms with E-state index in [0.29, 0.717) is 19.5 Å². The molecule has 2 atom stereocenters. The van der Waals surface area contributed by atoms with Gasteiger partial charge in [0.25, 0.3) is 0 Å². The Labute approximate surface area is 137 Å². The molecule has 1 saturated carbocycles. The summed E-state index contributed by atoms with van der Waals surface area (Å²) in [5.41, 5.74) is 6.88. The zero-order valence-corrected chi connectivity index (χ0v) is 13.7. The van der Waals surface area contributed by atoms with E-state index in [-0.39, 0.29) is 17.9 Å². The van der Waals surface area contributed by atoms with Crippen molar-refractivity contribution < 1.29 is 4.79 Å². The van der Waals surface area contributed by atoms with E-state index in [9.17, 15) is 10.1 Å². The lowest BCUT2D eigenvalue weighted by Gasteiger charge is -2.31. The molecule has 0 bridgehead atoms. The van der Waals surface area contributed by atoms with Gasteiger partial charge in [0.1, 0.15) is 0 Å². The minimum atomic E-state index is -0.454. The molecule has 1 amide bonds. The van der Waals surface area contributed by atoms with Gasteiger partial charge in [-0.2, -0.15) is 5.26 Å². The molecular formula is C17H25N5O. The van der Waals surface area contributed by atoms with Crippen LogP contribution >= 0.6 is 0 Å². The van der Waals surface area contributed by atoms with Crippen LogP contribution in [0.5, 0.6) is 0 Å². The van der Waals surface area contributed by atoms with Crippen LogP contribution in [-0.2, 0) is 11.8 Å². The number of aromatic nitrogens is 2. The maximum atomic E-state index is 12.7. The molecule has 6 nitrogen and oxygen atoms in total. The van der Waals surface area contributed by atoms with E-state index >= 15 is 0 Å². The average molecular weight is 315 g/mol. The first-order valence-electron chi connectivity index (χ1n) is 8.45. The van der Waals surface area contributed by atoms with Crippen molar-refractivity contribution in [2.24, 2.45) is 18.2 Å². The molecule has 1 aromatic heterocycles. The minimum absolute atomic E-state index is 0.0706. The lowest BCUT2D eigenvalue weighted by Crippen LogP contribution is -2.36. The summed E-state index contributed by atoms with van der Waals surface area (Å²) < 4.78 is 1.97. The number of carbonyl (C=O) groups excluding carboxylic acids is 1. The van der Waals surface area contributed by atoms with E-state index in [4.69, 9.17) is 5.73 Å². The van der Waals surface area contributed by atoms with Crippen LogP contribution in [0.1, 0.15) is 50.1 Å². The van der Waals surface area contributed by atoms with E-state index in [1.807, 2.05) is 22.7 Å². The fourth-order valence-corrected chi connectivity index (χ4v) is 4.03. The number of rotatable bonds is 3. The Morgan fingerprint density at radius 3 is 2.78 bits per heavy atom. The Morgan fingerprint density at radius 2 is 2.17 bits per heavy atom. The molecule has 6 heteroatoms. The van der Waals surface area contributed by atoms with Gasteiger partial charge in [0.2, 0.25) is 5.91 Å². The quantitative estimate of drug-likeness (QED) is 0.916. The number of nitrogens with two attached hydrogens (primary N) is 1. The molecule has 1 aromatic rings. The third kappa shape index (κ3) is 3.11. The second-order valence-corrected chi connectivity index (χ2v) is 7.13. The summed E-state index contributed by atoms with van der Waals surface area (Å²) in [6.07, 6.45) is 8.91. The first-order valence-corrected chi connectivity index (χ1v) is 8.45. The number of nitriles is 1. The van der Waals surface area contributed by atoms with Gasteiger partial charge in [0.15, 0.2) is 0 Å². The highest BCUT2D eigenvalue weighted by Gasteiger charge is 2.40. The first-order chi connectivity index (χ1) is 11.0. The van der Waals surface area contributed by atoms with Crippen molar-refractivity contribution in [1.29, 1.82) is 5.26 Å². The number of imidazole rings is 1. The molecule has 0 unspecified atom stereocenters. The fourth-order valence-electron chi connectivity index (χ4n) is 4.03. The van der Waals surface area contributed by atoms with Gasteiger partial charge in [-0.25, -0.2) is 4.98 Å². The van der Waals surface area contributed by atoms with Gasteiger partial charge < -0.3 is 15.2 Å². The topological polar surface area (TPSA) is 87.9 Å². The SMILES string of the molecule is Cn1cncc1[C@@H]1CN(C(=O)CC2(C#N)CCCCC2)C[C@H]1N. The van der Waals surface area contributed by atoms with Crippen LogP contribution in [0.3, 0.4) is 0 Å². The van der Waals surface area contributed by atoms with Gasteiger partial charge in [-0.15, -0.1) is 0 Å². The lowest BCUT2D eigenvalue weighted by atomic mass is 9.73. The predicted molar refractivity (Wildman–Crippen MR) is 86.3 cm³/mol. The van der Waals surface area contributed by atoms with Crippen LogP contribution < -0.4 is 5.73 Å². The Balaban J connectivity index is 1.67. The van der Waals surface area contributed by atoms with Crippen LogP contribution in [0.15, 0.2) is 12.5 Å². The smallest absolute Gasteiger partial charge is 0.224 e. The highest BCUT2D eigenvalue weighted by Crippen LogP contribution is 2.39. The van der Waals surface area contributed by atoms with E-state index in [1.165, 1.54) is 6.42 Å². The van der Waals surface area contributed by atoms with Gasteiger partial charge in [-0.3, -0.25) is 4.79 Å². The minimum Gasteiger partial charge on any atom is -0.340 e. The van der Waals surface area contributed by atoms with Crippen LogP contribution in [0, 0.1) is 16.7 Å². The van der Waals surface area contributed by atoms with Crippen LogP contribution in [-0.4, -0.2) is 39.5 Å². The normalized spacial score (nSPS) is 26.9. The Bertz CT molecular complexity index is 611. The molecule has 1 aliphatic heterocycles. The highest BCUT2D eigenvalue weighted by atomic mass is 16.2. The summed E-state index contributed by atoms with van der Waals surface area (Å²) in [4.78, 5) is 18.7. The van der Waals surface area contributed by atoms with E-state index < -0.39 is 5.41 Å². The summed E-state index contributed by atoms with van der Waals surface area (Å²) in [6, 6.07) is 2.37. The van der Waals surface area contributed by atoms with Crippen molar-refractivity contribution in [3.8, 4) is 6.07 Å². The number of carbonyl (C=O) groups is 1. The van der Waals surface area contributed by atoms with E-state index in [1.54, 1.807) is 6.33 Å². The highest BCUT2D eigenvalue weighted by molar-refractivity contribution is 5.78. The van der Waals surface area contributed by atoms with Gasteiger partial charge in [0.05, 0.1) is 17.8 Å². The third-order valence-electron chi connectivity index (χ3n) is 5.49. The third-order valence-corrected chi connectivity index (χ3v) is 5.49. The molecule has 2 fully saturated rings. The molecular weight excluding hydrogens is 290 g/mol. The second-order valence-electron chi connectivity index (χ2n) is 7.13. The van der Waals surface area contributed by atoms with Gasteiger partial charge in [0, 0.05) is 50.4 Å². The molecule has 0 spiro atoms. The summed E-state index contributed by atoms with van der Waals surface area (Å²) >= 11 is 0. The Kier molecular flexibility index (Phi) is 4.40. The molecule has 23 heavy (non-hydrogen) atoms. The van der Waals surface area contributed by atoms with Crippen molar-refractivity contribution in [3.05, 3.63) is 18.2 Å². The number of likely N-dealkylation sites (tertiary alicyclic amines) is 1. The van der Waals surface area contributed by atoms with Crippen molar-refractivity contribution in [3.63, 3.8) is 0 Å². The van der Waals surface area contributed by atoms with Gasteiger partial charge in [-0.1, -0.05) is 19.3 Å². The molecule has 124 valence electrons. The molecule has 2 aliphatic rings. The summed E-state index contributed by atoms with van der Waals surface area (Å²) in [5, 5.41) is 9.57. The maximum Gasteiger partial charge on any atom is 0.224 e. The zero-order chi connectivity index (χ0) is 16.4. The number of aryl methyl sites for hydroxylation is 1. The van der Waals surface area contributed by atoms with Crippen molar-refractivity contribution in [2.45, 2.75) is 50.5 Å². The van der Waals surface area contributed by atoms with Crippen molar-refractivity contribution in [2.75, 3.05) is 13.1 Å². The summed E-state index contributed by atoms with van der Waals surface area (Å²) in [6.45, 7) is 1.19. The fraction of sp³-hybridized carbons (Fsp3) is 0.706. The van der Waals surface area contributed by atoms with E-state index in [2.05, 4.69) is 11.1 Å². The average Bonchev–Trinajstić information content (AvgIpc) is 3.13. The Morgan fingerprint density at radius 1 is 1.43 bits per heavy atom. The monoisotopic (exact) mass is 315 g/mol. The van der Waals surface area contributed by atoms with Crippen LogP contribution in [0.25, 0.3) is 0 Å². The molecule has 2 N–H and O–H groups in total. The number of amides is 1.